The van der Waals surface area contributed by atoms with Gasteiger partial charge in [-0.3, -0.25) is 4.79 Å². The third-order valence-corrected chi connectivity index (χ3v) is 3.77. The Labute approximate surface area is 124 Å². The SMILES string of the molecule is N/C(CCCCNC(=O)c1cccc(Br)c1Cl)=N/O. The molecular weight excluding hydrogens is 334 g/mol. The van der Waals surface area contributed by atoms with Crippen LogP contribution in [0.3, 0.4) is 0 Å². The lowest BCUT2D eigenvalue weighted by Gasteiger charge is -2.07. The number of hydrogen-bond acceptors (Lipinski definition) is 3. The Balaban J connectivity index is 2.38. The largest absolute Gasteiger partial charge is 0.409 e. The van der Waals surface area contributed by atoms with Crippen molar-refractivity contribution in [2.24, 2.45) is 10.9 Å². The summed E-state index contributed by atoms with van der Waals surface area (Å²) in [5.41, 5.74) is 5.77. The van der Waals surface area contributed by atoms with E-state index in [0.717, 1.165) is 12.8 Å². The summed E-state index contributed by atoms with van der Waals surface area (Å²) < 4.78 is 0.689. The second-order valence-corrected chi connectivity index (χ2v) is 5.14. The third kappa shape index (κ3) is 5.08. The average Bonchev–Trinajstić information content (AvgIpc) is 2.40. The number of nitrogens with one attached hydrogen (secondary N) is 1. The Morgan fingerprint density at radius 1 is 1.47 bits per heavy atom. The van der Waals surface area contributed by atoms with Crippen molar-refractivity contribution in [3.8, 4) is 0 Å². The van der Waals surface area contributed by atoms with Gasteiger partial charge in [0.2, 0.25) is 0 Å². The first-order valence-corrected chi connectivity index (χ1v) is 6.92. The number of amidine groups is 1. The molecule has 0 saturated heterocycles. The van der Waals surface area contributed by atoms with E-state index in [1.165, 1.54) is 0 Å². The number of hydrogen-bond donors (Lipinski definition) is 3. The molecule has 0 spiro atoms. The normalized spacial score (nSPS) is 11.4. The van der Waals surface area contributed by atoms with Gasteiger partial charge in [-0.2, -0.15) is 0 Å². The van der Waals surface area contributed by atoms with Gasteiger partial charge in [-0.25, -0.2) is 0 Å². The van der Waals surface area contributed by atoms with E-state index in [9.17, 15) is 4.79 Å². The predicted octanol–water partition coefficient (Wildman–Crippen LogP) is 2.75. The summed E-state index contributed by atoms with van der Waals surface area (Å²) in [5.74, 6) is -0.0172. The highest BCUT2D eigenvalue weighted by atomic mass is 79.9. The second-order valence-electron chi connectivity index (χ2n) is 3.91. The lowest BCUT2D eigenvalue weighted by molar-refractivity contribution is 0.0953. The second kappa shape index (κ2) is 8.01. The summed E-state index contributed by atoms with van der Waals surface area (Å²) in [4.78, 5) is 11.9. The van der Waals surface area contributed by atoms with Crippen LogP contribution in [0.25, 0.3) is 0 Å². The summed E-state index contributed by atoms with van der Waals surface area (Å²) in [7, 11) is 0. The van der Waals surface area contributed by atoms with Gasteiger partial charge >= 0.3 is 0 Å². The van der Waals surface area contributed by atoms with Gasteiger partial charge in [0.15, 0.2) is 0 Å². The van der Waals surface area contributed by atoms with Crippen molar-refractivity contribution in [1.29, 1.82) is 0 Å². The van der Waals surface area contributed by atoms with Crippen LogP contribution < -0.4 is 11.1 Å². The minimum atomic E-state index is -0.213. The number of oxime groups is 1. The number of rotatable bonds is 6. The van der Waals surface area contributed by atoms with Gasteiger partial charge in [-0.15, -0.1) is 0 Å². The first kappa shape index (κ1) is 15.8. The van der Waals surface area contributed by atoms with Crippen molar-refractivity contribution in [1.82, 2.24) is 5.32 Å². The molecule has 1 amide bonds. The number of nitrogens with zero attached hydrogens (tertiary/aromatic N) is 1. The van der Waals surface area contributed by atoms with Gasteiger partial charge in [-0.1, -0.05) is 22.8 Å². The van der Waals surface area contributed by atoms with E-state index < -0.39 is 0 Å². The van der Waals surface area contributed by atoms with E-state index in [4.69, 9.17) is 22.5 Å². The fourth-order valence-electron chi connectivity index (χ4n) is 1.46. The molecule has 0 aromatic heterocycles. The minimum Gasteiger partial charge on any atom is -0.409 e. The Kier molecular flexibility index (Phi) is 6.66. The van der Waals surface area contributed by atoms with Gasteiger partial charge in [0.05, 0.1) is 10.6 Å². The minimum absolute atomic E-state index is 0.196. The first-order chi connectivity index (χ1) is 9.06. The van der Waals surface area contributed by atoms with Crippen molar-refractivity contribution in [2.45, 2.75) is 19.3 Å². The maximum absolute atomic E-state index is 11.9. The smallest absolute Gasteiger partial charge is 0.252 e. The lowest BCUT2D eigenvalue weighted by atomic mass is 10.2. The van der Waals surface area contributed by atoms with Crippen LogP contribution in [0.15, 0.2) is 27.8 Å². The highest BCUT2D eigenvalue weighted by molar-refractivity contribution is 9.10. The number of benzene rings is 1. The van der Waals surface area contributed by atoms with Gasteiger partial charge in [0.25, 0.3) is 5.91 Å². The molecule has 0 unspecified atom stereocenters. The highest BCUT2D eigenvalue weighted by Crippen LogP contribution is 2.25. The number of carbonyl (C=O) groups is 1. The zero-order chi connectivity index (χ0) is 14.3. The van der Waals surface area contributed by atoms with Crippen molar-refractivity contribution in [2.75, 3.05) is 6.54 Å². The molecule has 0 atom stereocenters. The van der Waals surface area contributed by atoms with E-state index >= 15 is 0 Å². The van der Waals surface area contributed by atoms with Crippen LogP contribution >= 0.6 is 27.5 Å². The van der Waals surface area contributed by atoms with E-state index in [1.807, 2.05) is 0 Å². The molecular formula is C12H15BrClN3O2. The molecule has 4 N–H and O–H groups in total. The van der Waals surface area contributed by atoms with Gasteiger partial charge in [0.1, 0.15) is 5.84 Å². The quantitative estimate of drug-likeness (QED) is 0.243. The Hall–Kier alpha value is -1.27. The van der Waals surface area contributed by atoms with E-state index in [-0.39, 0.29) is 11.7 Å². The molecule has 0 aliphatic heterocycles. The molecule has 7 heteroatoms. The molecule has 0 heterocycles. The topological polar surface area (TPSA) is 87.7 Å². The maximum Gasteiger partial charge on any atom is 0.252 e. The number of nitrogens with two attached hydrogens (primary N) is 1. The standard InChI is InChI=1S/C12H15BrClN3O2/c13-9-5-3-4-8(11(9)14)12(18)16-7-2-1-6-10(15)17-19/h3-5,19H,1-2,6-7H2,(H2,15,17)(H,16,18). The summed E-state index contributed by atoms with van der Waals surface area (Å²) >= 11 is 9.29. The number of amides is 1. The molecule has 1 aromatic carbocycles. The Morgan fingerprint density at radius 3 is 2.89 bits per heavy atom. The fourth-order valence-corrected chi connectivity index (χ4v) is 2.04. The van der Waals surface area contributed by atoms with E-state index in [1.54, 1.807) is 18.2 Å². The molecule has 0 bridgehead atoms. The molecule has 1 rings (SSSR count). The number of unbranched alkanes of at least 4 members (excludes halogenated alkanes) is 1. The van der Waals surface area contributed by atoms with Crippen LogP contribution in [0, 0.1) is 0 Å². The monoisotopic (exact) mass is 347 g/mol. The molecule has 104 valence electrons. The number of halogens is 2. The molecule has 0 radical (unpaired) electrons. The number of carbonyl (C=O) groups excluding carboxylic acids is 1. The van der Waals surface area contributed by atoms with Gasteiger partial charge in [0, 0.05) is 17.4 Å². The molecule has 0 fully saturated rings. The molecule has 19 heavy (non-hydrogen) atoms. The molecule has 5 nitrogen and oxygen atoms in total. The van der Waals surface area contributed by atoms with Crippen molar-refractivity contribution < 1.29 is 10.0 Å². The summed E-state index contributed by atoms with van der Waals surface area (Å²) in [6.45, 7) is 0.514. The molecule has 0 saturated carbocycles. The zero-order valence-corrected chi connectivity index (χ0v) is 12.5. The van der Waals surface area contributed by atoms with Crippen LogP contribution in [0.2, 0.25) is 5.02 Å². The lowest BCUT2D eigenvalue weighted by Crippen LogP contribution is -2.25. The predicted molar refractivity (Wildman–Crippen MR) is 78.7 cm³/mol. The van der Waals surface area contributed by atoms with Crippen molar-refractivity contribution in [3.63, 3.8) is 0 Å². The van der Waals surface area contributed by atoms with Crippen LogP contribution in [-0.2, 0) is 0 Å². The fraction of sp³-hybridized carbons (Fsp3) is 0.333. The zero-order valence-electron chi connectivity index (χ0n) is 10.2. The van der Waals surface area contributed by atoms with Crippen LogP contribution in [0.1, 0.15) is 29.6 Å². The molecule has 0 aliphatic rings. The van der Waals surface area contributed by atoms with E-state index in [2.05, 4.69) is 26.4 Å². The van der Waals surface area contributed by atoms with Crippen LogP contribution in [0.5, 0.6) is 0 Å². The van der Waals surface area contributed by atoms with Gasteiger partial charge < -0.3 is 16.3 Å². The highest BCUT2D eigenvalue weighted by Gasteiger charge is 2.11. The Bertz CT molecular complexity index is 480. The summed E-state index contributed by atoms with van der Waals surface area (Å²) in [5, 5.41) is 14.4. The Morgan fingerprint density at radius 2 is 2.21 bits per heavy atom. The molecule has 1 aromatic rings. The third-order valence-electron chi connectivity index (χ3n) is 2.47. The summed E-state index contributed by atoms with van der Waals surface area (Å²) in [6, 6.07) is 5.19. The maximum atomic E-state index is 11.9. The average molecular weight is 349 g/mol. The van der Waals surface area contributed by atoms with Crippen molar-refractivity contribution >= 4 is 39.3 Å². The van der Waals surface area contributed by atoms with Crippen molar-refractivity contribution in [3.05, 3.63) is 33.3 Å². The van der Waals surface area contributed by atoms with Gasteiger partial charge in [-0.05, 0) is 40.9 Å². The van der Waals surface area contributed by atoms with Crippen LogP contribution in [0.4, 0.5) is 0 Å². The summed E-state index contributed by atoms with van der Waals surface area (Å²) in [6.07, 6.45) is 1.99. The first-order valence-electron chi connectivity index (χ1n) is 5.75. The van der Waals surface area contributed by atoms with E-state index in [0.29, 0.717) is 28.0 Å². The molecule has 0 aliphatic carbocycles. The van der Waals surface area contributed by atoms with Crippen LogP contribution in [-0.4, -0.2) is 23.5 Å².